The van der Waals surface area contributed by atoms with Crippen LogP contribution >= 0.6 is 12.4 Å². The molecule has 0 radical (unpaired) electrons. The molecule has 5 nitrogen and oxygen atoms in total. The molecule has 146 valence electrons. The number of carbonyl (C=O) groups is 2. The lowest BCUT2D eigenvalue weighted by Gasteiger charge is -2.35. The quantitative estimate of drug-likeness (QED) is 0.650. The number of anilines is 1. The summed E-state index contributed by atoms with van der Waals surface area (Å²) in [4.78, 5) is 23.8. The van der Waals surface area contributed by atoms with Crippen molar-refractivity contribution in [3.63, 3.8) is 0 Å². The third-order valence-corrected chi connectivity index (χ3v) is 4.64. The molecular formula is C17H23ClF3N3O2. The third-order valence-electron chi connectivity index (χ3n) is 4.64. The van der Waals surface area contributed by atoms with Gasteiger partial charge in [-0.05, 0) is 36.9 Å². The Morgan fingerprint density at radius 2 is 1.69 bits per heavy atom. The Kier molecular flexibility index (Phi) is 8.36. The second-order valence-corrected chi connectivity index (χ2v) is 6.49. The summed E-state index contributed by atoms with van der Waals surface area (Å²) in [7, 11) is 0. The highest BCUT2D eigenvalue weighted by molar-refractivity contribution is 5.94. The van der Waals surface area contributed by atoms with E-state index in [0.29, 0.717) is 12.6 Å². The molecule has 0 atom stereocenters. The van der Waals surface area contributed by atoms with Crippen molar-refractivity contribution in [3.8, 4) is 0 Å². The number of benzene rings is 1. The summed E-state index contributed by atoms with van der Waals surface area (Å²) >= 11 is 0. The maximum atomic E-state index is 13.5. The molecule has 2 amide bonds. The van der Waals surface area contributed by atoms with Crippen molar-refractivity contribution in [1.82, 2.24) is 5.32 Å². The van der Waals surface area contributed by atoms with E-state index in [-0.39, 0.29) is 30.2 Å². The lowest BCUT2D eigenvalue weighted by atomic mass is 9.71. The molecule has 0 aliphatic heterocycles. The molecule has 0 unspecified atom stereocenters. The van der Waals surface area contributed by atoms with Crippen LogP contribution in [0.1, 0.15) is 38.5 Å². The van der Waals surface area contributed by atoms with E-state index < -0.39 is 35.6 Å². The Balaban J connectivity index is 0.00000338. The van der Waals surface area contributed by atoms with E-state index in [0.717, 1.165) is 38.2 Å². The SMILES string of the molecule is Cl.NCC1(CC(=O)NCC(=O)Nc2ccc(F)c(F)c2F)CCCCC1. The first-order valence-corrected chi connectivity index (χ1v) is 8.27. The van der Waals surface area contributed by atoms with Gasteiger partial charge >= 0.3 is 0 Å². The molecule has 1 aromatic rings. The van der Waals surface area contributed by atoms with Gasteiger partial charge in [-0.1, -0.05) is 19.3 Å². The minimum Gasteiger partial charge on any atom is -0.347 e. The predicted octanol–water partition coefficient (Wildman–Crippen LogP) is 2.88. The van der Waals surface area contributed by atoms with E-state index in [2.05, 4.69) is 10.6 Å². The molecule has 1 aromatic carbocycles. The van der Waals surface area contributed by atoms with E-state index in [1.807, 2.05) is 0 Å². The first-order valence-electron chi connectivity index (χ1n) is 8.27. The smallest absolute Gasteiger partial charge is 0.243 e. The average molecular weight is 394 g/mol. The molecule has 2 rings (SSSR count). The largest absolute Gasteiger partial charge is 0.347 e. The number of amides is 2. The summed E-state index contributed by atoms with van der Waals surface area (Å²) in [6.07, 6.45) is 5.18. The minimum atomic E-state index is -1.66. The summed E-state index contributed by atoms with van der Waals surface area (Å²) in [5, 5.41) is 4.56. The fraction of sp³-hybridized carbons (Fsp3) is 0.529. The highest BCUT2D eigenvalue weighted by atomic mass is 35.5. The molecule has 0 heterocycles. The van der Waals surface area contributed by atoms with Gasteiger partial charge in [-0.2, -0.15) is 0 Å². The lowest BCUT2D eigenvalue weighted by molar-refractivity contribution is -0.126. The molecule has 0 aromatic heterocycles. The fourth-order valence-electron chi connectivity index (χ4n) is 3.15. The van der Waals surface area contributed by atoms with Crippen LogP contribution in [0.4, 0.5) is 18.9 Å². The molecule has 0 spiro atoms. The number of hydrogen-bond donors (Lipinski definition) is 3. The number of halogens is 4. The van der Waals surface area contributed by atoms with E-state index in [4.69, 9.17) is 5.73 Å². The van der Waals surface area contributed by atoms with Crippen LogP contribution in [0.3, 0.4) is 0 Å². The maximum absolute atomic E-state index is 13.5. The zero-order valence-electron chi connectivity index (χ0n) is 14.2. The highest BCUT2D eigenvalue weighted by Gasteiger charge is 2.33. The van der Waals surface area contributed by atoms with Crippen molar-refractivity contribution < 1.29 is 22.8 Å². The Hall–Kier alpha value is -1.80. The molecule has 1 fully saturated rings. The average Bonchev–Trinajstić information content (AvgIpc) is 2.61. The van der Waals surface area contributed by atoms with Crippen LogP contribution in [-0.4, -0.2) is 24.9 Å². The second kappa shape index (κ2) is 9.78. The van der Waals surface area contributed by atoms with Crippen molar-refractivity contribution >= 4 is 29.9 Å². The fourth-order valence-corrected chi connectivity index (χ4v) is 3.15. The molecule has 1 aliphatic carbocycles. The molecule has 26 heavy (non-hydrogen) atoms. The van der Waals surface area contributed by atoms with Crippen LogP contribution in [0.2, 0.25) is 0 Å². The van der Waals surface area contributed by atoms with E-state index >= 15 is 0 Å². The van der Waals surface area contributed by atoms with Gasteiger partial charge in [-0.3, -0.25) is 9.59 Å². The molecule has 9 heteroatoms. The maximum Gasteiger partial charge on any atom is 0.243 e. The van der Waals surface area contributed by atoms with Crippen LogP contribution in [0.15, 0.2) is 12.1 Å². The number of rotatable bonds is 6. The molecule has 1 saturated carbocycles. The first kappa shape index (κ1) is 22.2. The van der Waals surface area contributed by atoms with Gasteiger partial charge < -0.3 is 16.4 Å². The first-order chi connectivity index (χ1) is 11.9. The van der Waals surface area contributed by atoms with Crippen molar-refractivity contribution in [3.05, 3.63) is 29.6 Å². The van der Waals surface area contributed by atoms with Gasteiger partial charge in [-0.15, -0.1) is 12.4 Å². The summed E-state index contributed by atoms with van der Waals surface area (Å²) in [5.74, 6) is -5.53. The zero-order valence-corrected chi connectivity index (χ0v) is 15.1. The van der Waals surface area contributed by atoms with Gasteiger partial charge in [0.25, 0.3) is 0 Å². The molecule has 0 bridgehead atoms. The van der Waals surface area contributed by atoms with E-state index in [1.165, 1.54) is 0 Å². The van der Waals surface area contributed by atoms with Gasteiger partial charge in [0.2, 0.25) is 11.8 Å². The van der Waals surface area contributed by atoms with Crippen molar-refractivity contribution in [2.75, 3.05) is 18.4 Å². The van der Waals surface area contributed by atoms with Gasteiger partial charge in [-0.25, -0.2) is 13.2 Å². The standard InChI is InChI=1S/C17H22F3N3O2.ClH/c18-11-4-5-12(16(20)15(11)19)23-14(25)9-22-13(24)8-17(10-21)6-2-1-3-7-17;/h4-5H,1-3,6-10,21H2,(H,22,24)(H,23,25);1H. The number of carbonyl (C=O) groups excluding carboxylic acids is 2. The Morgan fingerprint density at radius 3 is 2.31 bits per heavy atom. The van der Waals surface area contributed by atoms with Gasteiger partial charge in [0.05, 0.1) is 12.2 Å². The van der Waals surface area contributed by atoms with Crippen LogP contribution in [0.25, 0.3) is 0 Å². The summed E-state index contributed by atoms with van der Waals surface area (Å²) < 4.78 is 39.5. The Labute approximate surface area is 156 Å². The monoisotopic (exact) mass is 393 g/mol. The van der Waals surface area contributed by atoms with Crippen LogP contribution in [0.5, 0.6) is 0 Å². The number of nitrogens with two attached hydrogens (primary N) is 1. The van der Waals surface area contributed by atoms with Crippen molar-refractivity contribution in [2.45, 2.75) is 38.5 Å². The van der Waals surface area contributed by atoms with Gasteiger partial charge in [0, 0.05) is 6.42 Å². The summed E-state index contributed by atoms with van der Waals surface area (Å²) in [5.41, 5.74) is 5.11. The topological polar surface area (TPSA) is 84.2 Å². The molecular weight excluding hydrogens is 371 g/mol. The van der Waals surface area contributed by atoms with Crippen molar-refractivity contribution in [2.24, 2.45) is 11.1 Å². The molecule has 1 aliphatic rings. The highest BCUT2D eigenvalue weighted by Crippen LogP contribution is 2.38. The van der Waals surface area contributed by atoms with Gasteiger partial charge in [0.15, 0.2) is 17.5 Å². The normalized spacial score (nSPS) is 15.7. The predicted molar refractivity (Wildman–Crippen MR) is 94.4 cm³/mol. The summed E-state index contributed by atoms with van der Waals surface area (Å²) in [6, 6.07) is 1.62. The van der Waals surface area contributed by atoms with E-state index in [1.54, 1.807) is 0 Å². The summed E-state index contributed by atoms with van der Waals surface area (Å²) in [6.45, 7) is 0.0185. The van der Waals surface area contributed by atoms with E-state index in [9.17, 15) is 22.8 Å². The zero-order chi connectivity index (χ0) is 18.4. The Morgan fingerprint density at radius 1 is 1.04 bits per heavy atom. The second-order valence-electron chi connectivity index (χ2n) is 6.49. The Bertz CT molecular complexity index is 652. The van der Waals surface area contributed by atoms with Gasteiger partial charge in [0.1, 0.15) is 0 Å². The van der Waals surface area contributed by atoms with Crippen LogP contribution in [-0.2, 0) is 9.59 Å². The lowest BCUT2D eigenvalue weighted by Crippen LogP contribution is -2.40. The molecule has 0 saturated heterocycles. The number of hydrogen-bond acceptors (Lipinski definition) is 3. The third kappa shape index (κ3) is 5.60. The van der Waals surface area contributed by atoms with Crippen LogP contribution < -0.4 is 16.4 Å². The minimum absolute atomic E-state index is 0. The van der Waals surface area contributed by atoms with Crippen molar-refractivity contribution in [1.29, 1.82) is 0 Å². The molecule has 4 N–H and O–H groups in total. The van der Waals surface area contributed by atoms with Crippen LogP contribution in [0, 0.1) is 22.9 Å². The number of nitrogens with one attached hydrogen (secondary N) is 2.